The number of likely N-dealkylation sites (N-methyl/N-ethyl adjacent to an activating group) is 1. The molecule has 2 bridgehead atoms. The smallest absolute Gasteiger partial charge is 0.332 e. The normalized spacial score (nSPS) is 35.8. The van der Waals surface area contributed by atoms with Crippen LogP contribution in [-0.2, 0) is 19.1 Å². The van der Waals surface area contributed by atoms with Gasteiger partial charge in [0, 0.05) is 31.0 Å². The van der Waals surface area contributed by atoms with Gasteiger partial charge in [-0.2, -0.15) is 0 Å². The van der Waals surface area contributed by atoms with Crippen molar-refractivity contribution in [1.29, 1.82) is 0 Å². The molecule has 1 aromatic rings. The first-order chi connectivity index (χ1) is 12.0. The second kappa shape index (κ2) is 5.88. The van der Waals surface area contributed by atoms with Crippen molar-refractivity contribution in [3.05, 3.63) is 42.0 Å². The van der Waals surface area contributed by atoms with Gasteiger partial charge in [0.1, 0.15) is 11.9 Å². The fourth-order valence-corrected chi connectivity index (χ4v) is 4.11. The molecule has 2 saturated heterocycles. The van der Waals surface area contributed by atoms with Crippen LogP contribution in [0.3, 0.4) is 0 Å². The van der Waals surface area contributed by atoms with Crippen molar-refractivity contribution in [2.24, 2.45) is 0 Å². The maximum atomic E-state index is 12.1. The average molecular weight is 343 g/mol. The Bertz CT molecular complexity index is 728. The Hall–Kier alpha value is -2.34. The van der Waals surface area contributed by atoms with Crippen molar-refractivity contribution < 1.29 is 23.8 Å². The van der Waals surface area contributed by atoms with Gasteiger partial charge in [0.15, 0.2) is 6.10 Å². The fourth-order valence-electron chi connectivity index (χ4n) is 4.11. The van der Waals surface area contributed by atoms with E-state index in [-0.39, 0.29) is 12.1 Å². The van der Waals surface area contributed by atoms with E-state index < -0.39 is 23.8 Å². The zero-order chi connectivity index (χ0) is 17.6. The molecule has 3 heterocycles. The van der Waals surface area contributed by atoms with Gasteiger partial charge >= 0.3 is 11.9 Å². The van der Waals surface area contributed by atoms with Crippen molar-refractivity contribution >= 4 is 11.9 Å². The van der Waals surface area contributed by atoms with E-state index in [9.17, 15) is 9.59 Å². The van der Waals surface area contributed by atoms with Crippen LogP contribution in [0.2, 0.25) is 0 Å². The van der Waals surface area contributed by atoms with E-state index >= 15 is 0 Å². The first-order valence-corrected chi connectivity index (χ1v) is 8.56. The van der Waals surface area contributed by atoms with Crippen LogP contribution in [0.5, 0.6) is 5.75 Å². The Morgan fingerprint density at radius 2 is 1.88 bits per heavy atom. The molecule has 3 aliphatic heterocycles. The van der Waals surface area contributed by atoms with Gasteiger partial charge in [0.25, 0.3) is 0 Å². The number of hydrogen-bond donors (Lipinski definition) is 0. The molecule has 0 aliphatic carbocycles. The van der Waals surface area contributed by atoms with Gasteiger partial charge in [-0.3, -0.25) is 4.90 Å². The SMILES string of the molecule is Cc1ccc(OC2CC3CCC4(OC(=O)/C=C/C(=O)OC24)N3C)cc1. The number of nitrogens with zero attached hydrogens (tertiary/aromatic N) is 1. The molecule has 6 nitrogen and oxygen atoms in total. The molecule has 6 heteroatoms. The standard InChI is InChI=1S/C19H21NO5/c1-12-3-5-14(6-4-12)23-15-11-13-9-10-19(20(13)2)18(15)24-16(21)7-8-17(22)25-19/h3-8,13,15,18H,9-11H2,1-2H3/b8-7+. The zero-order valence-corrected chi connectivity index (χ0v) is 14.3. The minimum absolute atomic E-state index is 0.224. The van der Waals surface area contributed by atoms with Crippen LogP contribution in [0.15, 0.2) is 36.4 Å². The summed E-state index contributed by atoms with van der Waals surface area (Å²) in [6.45, 7) is 2.01. The molecular formula is C19H21NO5. The summed E-state index contributed by atoms with van der Waals surface area (Å²) in [5.41, 5.74) is 0.180. The molecule has 4 unspecified atom stereocenters. The first-order valence-electron chi connectivity index (χ1n) is 8.56. The third-order valence-corrected chi connectivity index (χ3v) is 5.45. The predicted molar refractivity (Wildman–Crippen MR) is 88.8 cm³/mol. The molecule has 132 valence electrons. The highest BCUT2D eigenvalue weighted by Crippen LogP contribution is 2.47. The molecule has 0 N–H and O–H groups in total. The summed E-state index contributed by atoms with van der Waals surface area (Å²) >= 11 is 0. The highest BCUT2D eigenvalue weighted by Gasteiger charge is 2.62. The van der Waals surface area contributed by atoms with Crippen LogP contribution in [0.4, 0.5) is 0 Å². The van der Waals surface area contributed by atoms with Gasteiger partial charge in [0.05, 0.1) is 0 Å². The van der Waals surface area contributed by atoms with Crippen LogP contribution < -0.4 is 4.74 Å². The molecule has 1 spiro atoms. The van der Waals surface area contributed by atoms with Gasteiger partial charge in [-0.1, -0.05) is 17.7 Å². The van der Waals surface area contributed by atoms with Crippen molar-refractivity contribution in [3.63, 3.8) is 0 Å². The van der Waals surface area contributed by atoms with Gasteiger partial charge in [-0.05, 0) is 32.5 Å². The summed E-state index contributed by atoms with van der Waals surface area (Å²) in [6.07, 6.45) is 3.41. The molecule has 1 aromatic carbocycles. The molecule has 0 amide bonds. The Balaban J connectivity index is 1.68. The average Bonchev–Trinajstić information content (AvgIpc) is 2.79. The molecule has 25 heavy (non-hydrogen) atoms. The maximum Gasteiger partial charge on any atom is 0.332 e. The predicted octanol–water partition coefficient (Wildman–Crippen LogP) is 1.96. The molecular weight excluding hydrogens is 322 g/mol. The second-order valence-corrected chi connectivity index (χ2v) is 6.97. The largest absolute Gasteiger partial charge is 0.486 e. The topological polar surface area (TPSA) is 65.1 Å². The summed E-state index contributed by atoms with van der Waals surface area (Å²) in [4.78, 5) is 26.2. The lowest BCUT2D eigenvalue weighted by Gasteiger charge is -2.49. The van der Waals surface area contributed by atoms with E-state index in [4.69, 9.17) is 14.2 Å². The molecule has 2 fully saturated rings. The van der Waals surface area contributed by atoms with E-state index in [1.807, 2.05) is 43.1 Å². The third-order valence-electron chi connectivity index (χ3n) is 5.45. The number of piperidine rings is 1. The van der Waals surface area contributed by atoms with E-state index in [0.29, 0.717) is 12.8 Å². The fraction of sp³-hybridized carbons (Fsp3) is 0.474. The maximum absolute atomic E-state index is 12.1. The van der Waals surface area contributed by atoms with E-state index in [2.05, 4.69) is 0 Å². The monoisotopic (exact) mass is 343 g/mol. The van der Waals surface area contributed by atoms with E-state index in [0.717, 1.165) is 29.9 Å². The minimum Gasteiger partial charge on any atom is -0.486 e. The number of carbonyl (C=O) groups excluding carboxylic acids is 2. The van der Waals surface area contributed by atoms with Crippen molar-refractivity contribution in [3.8, 4) is 5.75 Å². The number of esters is 2. The second-order valence-electron chi connectivity index (χ2n) is 6.97. The van der Waals surface area contributed by atoms with Crippen molar-refractivity contribution in [1.82, 2.24) is 4.90 Å². The van der Waals surface area contributed by atoms with Crippen LogP contribution >= 0.6 is 0 Å². The molecule has 0 radical (unpaired) electrons. The Labute approximate surface area is 146 Å². The number of ether oxygens (including phenoxy) is 3. The zero-order valence-electron chi connectivity index (χ0n) is 14.3. The van der Waals surface area contributed by atoms with Crippen molar-refractivity contribution in [2.75, 3.05) is 7.05 Å². The molecule has 0 saturated carbocycles. The van der Waals surface area contributed by atoms with Crippen LogP contribution in [0.25, 0.3) is 0 Å². The highest BCUT2D eigenvalue weighted by atomic mass is 16.6. The summed E-state index contributed by atoms with van der Waals surface area (Å²) in [6, 6.07) is 7.97. The van der Waals surface area contributed by atoms with Gasteiger partial charge in [0.2, 0.25) is 5.72 Å². The lowest BCUT2D eigenvalue weighted by atomic mass is 9.93. The molecule has 4 atom stereocenters. The van der Waals surface area contributed by atoms with Gasteiger partial charge < -0.3 is 14.2 Å². The number of carbonyl (C=O) groups is 2. The Kier molecular flexibility index (Phi) is 3.80. The van der Waals surface area contributed by atoms with Crippen LogP contribution in [0, 0.1) is 6.92 Å². The number of hydrogen-bond acceptors (Lipinski definition) is 6. The quantitative estimate of drug-likeness (QED) is 0.765. The Morgan fingerprint density at radius 3 is 2.64 bits per heavy atom. The molecule has 0 aromatic heterocycles. The van der Waals surface area contributed by atoms with Gasteiger partial charge in [-0.25, -0.2) is 9.59 Å². The van der Waals surface area contributed by atoms with Crippen LogP contribution in [-0.4, -0.2) is 47.9 Å². The summed E-state index contributed by atoms with van der Waals surface area (Å²) in [5, 5.41) is 0. The number of benzene rings is 1. The van der Waals surface area contributed by atoms with Gasteiger partial charge in [-0.15, -0.1) is 0 Å². The lowest BCUT2D eigenvalue weighted by Crippen LogP contribution is -2.66. The van der Waals surface area contributed by atoms with Crippen molar-refractivity contribution in [2.45, 2.75) is 50.2 Å². The van der Waals surface area contributed by atoms with E-state index in [1.54, 1.807) is 0 Å². The summed E-state index contributed by atoms with van der Waals surface area (Å²) in [5.74, 6) is -0.350. The first kappa shape index (κ1) is 16.1. The highest BCUT2D eigenvalue weighted by molar-refractivity contribution is 5.92. The summed E-state index contributed by atoms with van der Waals surface area (Å²) < 4.78 is 17.6. The summed E-state index contributed by atoms with van der Waals surface area (Å²) in [7, 11) is 1.92. The molecule has 3 aliphatic rings. The van der Waals surface area contributed by atoms with Crippen LogP contribution in [0.1, 0.15) is 24.8 Å². The number of rotatable bonds is 2. The molecule has 4 rings (SSSR count). The lowest BCUT2D eigenvalue weighted by molar-refractivity contribution is -0.239. The number of fused-ring (bicyclic) bond motifs is 1. The van der Waals surface area contributed by atoms with E-state index in [1.165, 1.54) is 0 Å². The Morgan fingerprint density at radius 1 is 1.16 bits per heavy atom. The minimum atomic E-state index is -0.963. The number of aryl methyl sites for hydroxylation is 1. The third kappa shape index (κ3) is 2.70.